The summed E-state index contributed by atoms with van der Waals surface area (Å²) in [5.74, 6) is -0.646. The van der Waals surface area contributed by atoms with Gasteiger partial charge in [0.15, 0.2) is 5.78 Å². The summed E-state index contributed by atoms with van der Waals surface area (Å²) in [6, 6.07) is 14.0. The van der Waals surface area contributed by atoms with Gasteiger partial charge in [-0.15, -0.1) is 0 Å². The normalized spacial score (nSPS) is 10.5. The lowest BCUT2D eigenvalue weighted by molar-refractivity contribution is 0.0375. The molecule has 2 aromatic rings. The number of esters is 1. The van der Waals surface area contributed by atoms with Crippen LogP contribution in [0, 0.1) is 6.92 Å². The monoisotopic (exact) mass is 282 g/mol. The zero-order valence-corrected chi connectivity index (χ0v) is 12.4. The van der Waals surface area contributed by atoms with Crippen LogP contribution in [-0.2, 0) is 4.74 Å². The minimum absolute atomic E-state index is 0.175. The van der Waals surface area contributed by atoms with Crippen LogP contribution in [0.25, 0.3) is 0 Å². The highest BCUT2D eigenvalue weighted by Crippen LogP contribution is 2.17. The van der Waals surface area contributed by atoms with Crippen LogP contribution < -0.4 is 0 Å². The molecule has 0 unspecified atom stereocenters. The minimum atomic E-state index is -0.471. The Morgan fingerprint density at radius 1 is 0.905 bits per heavy atom. The predicted octanol–water partition coefficient (Wildman–Crippen LogP) is 3.79. The summed E-state index contributed by atoms with van der Waals surface area (Å²) in [7, 11) is 0. The van der Waals surface area contributed by atoms with E-state index in [4.69, 9.17) is 4.74 Å². The number of carbonyl (C=O) groups excluding carboxylic acids is 2. The molecule has 0 heterocycles. The molecule has 0 bridgehead atoms. The molecule has 0 aromatic heterocycles. The van der Waals surface area contributed by atoms with E-state index in [1.807, 2.05) is 19.1 Å². The molecule has 0 saturated carbocycles. The van der Waals surface area contributed by atoms with Crippen molar-refractivity contribution in [3.63, 3.8) is 0 Å². The number of hydrogen-bond donors (Lipinski definition) is 0. The topological polar surface area (TPSA) is 43.4 Å². The summed E-state index contributed by atoms with van der Waals surface area (Å²) in [4.78, 5) is 24.7. The first-order valence-corrected chi connectivity index (χ1v) is 6.90. The lowest BCUT2D eigenvalue weighted by Crippen LogP contribution is -2.16. The number of hydrogen-bond acceptors (Lipinski definition) is 3. The second-order valence-electron chi connectivity index (χ2n) is 5.19. The highest BCUT2D eigenvalue weighted by atomic mass is 16.5. The Kier molecular flexibility index (Phi) is 4.53. The van der Waals surface area contributed by atoms with Gasteiger partial charge in [-0.3, -0.25) is 4.79 Å². The van der Waals surface area contributed by atoms with Gasteiger partial charge in [-0.25, -0.2) is 4.79 Å². The van der Waals surface area contributed by atoms with E-state index >= 15 is 0 Å². The molecule has 21 heavy (non-hydrogen) atoms. The standard InChI is InChI=1S/C18H18O3/c1-12(2)21-18(20)16-7-5-4-6-15(16)17(19)14-10-8-13(3)9-11-14/h4-12H,1-3H3. The lowest BCUT2D eigenvalue weighted by Gasteiger charge is -2.11. The summed E-state index contributed by atoms with van der Waals surface area (Å²) in [6.45, 7) is 5.52. The summed E-state index contributed by atoms with van der Waals surface area (Å²) in [5.41, 5.74) is 2.31. The minimum Gasteiger partial charge on any atom is -0.459 e. The Morgan fingerprint density at radius 2 is 1.48 bits per heavy atom. The molecule has 0 aliphatic heterocycles. The van der Waals surface area contributed by atoms with E-state index < -0.39 is 5.97 Å². The van der Waals surface area contributed by atoms with Crippen molar-refractivity contribution in [1.29, 1.82) is 0 Å². The van der Waals surface area contributed by atoms with E-state index in [9.17, 15) is 9.59 Å². The molecule has 3 heteroatoms. The molecule has 3 nitrogen and oxygen atoms in total. The van der Waals surface area contributed by atoms with Crippen LogP contribution in [0.5, 0.6) is 0 Å². The molecule has 108 valence electrons. The van der Waals surface area contributed by atoms with Crippen molar-refractivity contribution in [3.05, 3.63) is 70.8 Å². The van der Waals surface area contributed by atoms with Crippen LogP contribution in [0.2, 0.25) is 0 Å². The van der Waals surface area contributed by atoms with Crippen LogP contribution in [0.15, 0.2) is 48.5 Å². The third-order valence-electron chi connectivity index (χ3n) is 3.05. The van der Waals surface area contributed by atoms with Gasteiger partial charge in [0.1, 0.15) is 0 Å². The number of aryl methyl sites for hydroxylation is 1. The second-order valence-corrected chi connectivity index (χ2v) is 5.19. The van der Waals surface area contributed by atoms with Gasteiger partial charge in [-0.2, -0.15) is 0 Å². The maximum atomic E-state index is 12.6. The van der Waals surface area contributed by atoms with Gasteiger partial charge in [0.2, 0.25) is 0 Å². The van der Waals surface area contributed by atoms with Crippen molar-refractivity contribution in [2.24, 2.45) is 0 Å². The van der Waals surface area contributed by atoms with Gasteiger partial charge in [0, 0.05) is 11.1 Å². The van der Waals surface area contributed by atoms with Crippen molar-refractivity contribution in [2.45, 2.75) is 26.9 Å². The van der Waals surface area contributed by atoms with Crippen LogP contribution in [0.4, 0.5) is 0 Å². The van der Waals surface area contributed by atoms with Crippen molar-refractivity contribution >= 4 is 11.8 Å². The van der Waals surface area contributed by atoms with E-state index in [1.54, 1.807) is 50.2 Å². The highest BCUT2D eigenvalue weighted by Gasteiger charge is 2.19. The molecule has 0 N–H and O–H groups in total. The molecule has 0 saturated heterocycles. The second kappa shape index (κ2) is 6.35. The summed E-state index contributed by atoms with van der Waals surface area (Å²) in [6.07, 6.45) is -0.222. The number of ether oxygens (including phenoxy) is 1. The van der Waals surface area contributed by atoms with Gasteiger partial charge < -0.3 is 4.74 Å². The third kappa shape index (κ3) is 3.57. The Balaban J connectivity index is 2.37. The zero-order valence-electron chi connectivity index (χ0n) is 12.4. The summed E-state index contributed by atoms with van der Waals surface area (Å²) >= 11 is 0. The fraction of sp³-hybridized carbons (Fsp3) is 0.222. The smallest absolute Gasteiger partial charge is 0.339 e. The Hall–Kier alpha value is -2.42. The van der Waals surface area contributed by atoms with Gasteiger partial charge in [-0.1, -0.05) is 48.0 Å². The summed E-state index contributed by atoms with van der Waals surface area (Å²) in [5, 5.41) is 0. The molecule has 2 aromatic carbocycles. The Bertz CT molecular complexity index is 654. The van der Waals surface area contributed by atoms with Gasteiger partial charge in [0.25, 0.3) is 0 Å². The predicted molar refractivity (Wildman–Crippen MR) is 81.6 cm³/mol. The Labute approximate surface area is 124 Å². The first kappa shape index (κ1) is 15.0. The molecule has 0 aliphatic rings. The number of rotatable bonds is 4. The number of carbonyl (C=O) groups is 2. The van der Waals surface area contributed by atoms with Crippen molar-refractivity contribution in [3.8, 4) is 0 Å². The Morgan fingerprint density at radius 3 is 2.05 bits per heavy atom. The molecule has 0 fully saturated rings. The molecule has 0 atom stereocenters. The van der Waals surface area contributed by atoms with E-state index in [0.717, 1.165) is 5.56 Å². The van der Waals surface area contributed by atoms with Crippen LogP contribution >= 0.6 is 0 Å². The summed E-state index contributed by atoms with van der Waals surface area (Å²) < 4.78 is 5.19. The van der Waals surface area contributed by atoms with Crippen LogP contribution in [0.1, 0.15) is 45.7 Å². The fourth-order valence-electron chi connectivity index (χ4n) is 2.00. The maximum Gasteiger partial charge on any atom is 0.339 e. The molecule has 0 radical (unpaired) electrons. The average molecular weight is 282 g/mol. The average Bonchev–Trinajstić information content (AvgIpc) is 2.46. The number of benzene rings is 2. The zero-order chi connectivity index (χ0) is 15.4. The first-order chi connectivity index (χ1) is 9.99. The lowest BCUT2D eigenvalue weighted by atomic mass is 9.98. The molecular weight excluding hydrogens is 264 g/mol. The fourth-order valence-corrected chi connectivity index (χ4v) is 2.00. The van der Waals surface area contributed by atoms with Crippen LogP contribution in [-0.4, -0.2) is 17.9 Å². The first-order valence-electron chi connectivity index (χ1n) is 6.90. The molecule has 0 aliphatic carbocycles. The van der Waals surface area contributed by atoms with Gasteiger partial charge in [0.05, 0.1) is 11.7 Å². The van der Waals surface area contributed by atoms with Crippen molar-refractivity contribution < 1.29 is 14.3 Å². The third-order valence-corrected chi connectivity index (χ3v) is 3.05. The van der Waals surface area contributed by atoms with E-state index in [-0.39, 0.29) is 11.9 Å². The number of ketones is 1. The highest BCUT2D eigenvalue weighted by molar-refractivity contribution is 6.14. The molecule has 0 spiro atoms. The van der Waals surface area contributed by atoms with Crippen LogP contribution in [0.3, 0.4) is 0 Å². The van der Waals surface area contributed by atoms with Gasteiger partial charge in [-0.05, 0) is 26.8 Å². The van der Waals surface area contributed by atoms with Crippen molar-refractivity contribution in [2.75, 3.05) is 0 Å². The van der Waals surface area contributed by atoms with E-state index in [2.05, 4.69) is 0 Å². The molecular formula is C18H18O3. The quantitative estimate of drug-likeness (QED) is 0.633. The largest absolute Gasteiger partial charge is 0.459 e. The van der Waals surface area contributed by atoms with E-state index in [0.29, 0.717) is 16.7 Å². The molecule has 0 amide bonds. The van der Waals surface area contributed by atoms with Gasteiger partial charge >= 0.3 is 5.97 Å². The van der Waals surface area contributed by atoms with E-state index in [1.165, 1.54) is 0 Å². The SMILES string of the molecule is Cc1ccc(C(=O)c2ccccc2C(=O)OC(C)C)cc1. The van der Waals surface area contributed by atoms with Crippen molar-refractivity contribution in [1.82, 2.24) is 0 Å². The molecule has 2 rings (SSSR count). The maximum absolute atomic E-state index is 12.6.